The van der Waals surface area contributed by atoms with Gasteiger partial charge in [0, 0.05) is 24.8 Å². The van der Waals surface area contributed by atoms with Gasteiger partial charge in [0.15, 0.2) is 9.84 Å². The lowest BCUT2D eigenvalue weighted by molar-refractivity contribution is 0.594. The molecule has 0 bridgehead atoms. The third kappa shape index (κ3) is 3.09. The van der Waals surface area contributed by atoms with Crippen molar-refractivity contribution in [1.82, 2.24) is 0 Å². The maximum Gasteiger partial charge on any atom is 0.178 e. The lowest BCUT2D eigenvalue weighted by atomic mass is 10.2. The molecule has 2 N–H and O–H groups in total. The number of nitrogens with two attached hydrogens (primary N) is 1. The van der Waals surface area contributed by atoms with Gasteiger partial charge in [0.25, 0.3) is 0 Å². The fourth-order valence-electron chi connectivity index (χ4n) is 2.65. The van der Waals surface area contributed by atoms with Gasteiger partial charge in [0.2, 0.25) is 0 Å². The third-order valence-electron chi connectivity index (χ3n) is 3.65. The maximum absolute atomic E-state index is 12.0. The second-order valence-electron chi connectivity index (χ2n) is 5.04. The van der Waals surface area contributed by atoms with Crippen LogP contribution in [0.15, 0.2) is 29.2 Å². The molecule has 1 heterocycles. The van der Waals surface area contributed by atoms with Gasteiger partial charge in [0.05, 0.1) is 10.6 Å². The fourth-order valence-corrected chi connectivity index (χ4v) is 3.98. The van der Waals surface area contributed by atoms with E-state index in [0.717, 1.165) is 25.1 Å². The Bertz CT molecular complexity index is 511. The summed E-state index contributed by atoms with van der Waals surface area (Å²) in [5.41, 5.74) is 6.84. The van der Waals surface area contributed by atoms with Crippen molar-refractivity contribution in [3.05, 3.63) is 24.3 Å². The molecule has 1 atom stereocenters. The molecular weight excluding hydrogens is 260 g/mol. The van der Waals surface area contributed by atoms with Gasteiger partial charge in [-0.05, 0) is 43.5 Å². The highest BCUT2D eigenvalue weighted by Crippen LogP contribution is 2.26. The molecule has 1 saturated heterocycles. The fraction of sp³-hybridized carbons (Fsp3) is 0.571. The largest absolute Gasteiger partial charge is 0.367 e. The standard InChI is InChI=1S/C14H22N2O2S/c1-2-10-19(17,18)14-7-5-12(6-8-14)16-9-3-4-13(16)11-15/h5-8,13H,2-4,9-11,15H2,1H3. The Labute approximate surface area is 115 Å². The molecule has 1 fully saturated rings. The van der Waals surface area contributed by atoms with E-state index in [1.165, 1.54) is 0 Å². The van der Waals surface area contributed by atoms with Crippen molar-refractivity contribution >= 4 is 15.5 Å². The molecule has 0 saturated carbocycles. The molecule has 5 heteroatoms. The predicted molar refractivity (Wildman–Crippen MR) is 78.2 cm³/mol. The van der Waals surface area contributed by atoms with Crippen LogP contribution in [0.5, 0.6) is 0 Å². The molecular formula is C14H22N2O2S. The monoisotopic (exact) mass is 282 g/mol. The van der Waals surface area contributed by atoms with Crippen LogP contribution in [0.25, 0.3) is 0 Å². The van der Waals surface area contributed by atoms with Crippen LogP contribution in [-0.4, -0.2) is 33.3 Å². The molecule has 0 radical (unpaired) electrons. The summed E-state index contributed by atoms with van der Waals surface area (Å²) in [5.74, 6) is 0.210. The van der Waals surface area contributed by atoms with E-state index >= 15 is 0 Å². The van der Waals surface area contributed by atoms with Gasteiger partial charge in [-0.3, -0.25) is 0 Å². The summed E-state index contributed by atoms with van der Waals surface area (Å²) in [5, 5.41) is 0. The molecule has 0 aliphatic carbocycles. The van der Waals surface area contributed by atoms with Crippen molar-refractivity contribution in [3.8, 4) is 0 Å². The summed E-state index contributed by atoms with van der Waals surface area (Å²) in [6.45, 7) is 3.53. The molecule has 1 aromatic rings. The Morgan fingerprint density at radius 3 is 2.58 bits per heavy atom. The average Bonchev–Trinajstić information content (AvgIpc) is 2.87. The molecule has 1 aromatic carbocycles. The van der Waals surface area contributed by atoms with Gasteiger partial charge in [0.1, 0.15) is 0 Å². The lowest BCUT2D eigenvalue weighted by Crippen LogP contribution is -2.35. The van der Waals surface area contributed by atoms with Gasteiger partial charge < -0.3 is 10.6 Å². The summed E-state index contributed by atoms with van der Waals surface area (Å²) < 4.78 is 23.9. The Morgan fingerprint density at radius 2 is 2.00 bits per heavy atom. The van der Waals surface area contributed by atoms with Crippen LogP contribution in [0.3, 0.4) is 0 Å². The zero-order chi connectivity index (χ0) is 13.9. The molecule has 1 aliphatic rings. The molecule has 2 rings (SSSR count). The summed E-state index contributed by atoms with van der Waals surface area (Å²) >= 11 is 0. The number of rotatable bonds is 5. The van der Waals surface area contributed by atoms with Crippen LogP contribution in [0, 0.1) is 0 Å². The van der Waals surface area contributed by atoms with Crippen LogP contribution in [0.2, 0.25) is 0 Å². The minimum atomic E-state index is -3.11. The number of hydrogen-bond donors (Lipinski definition) is 1. The van der Waals surface area contributed by atoms with E-state index < -0.39 is 9.84 Å². The maximum atomic E-state index is 12.0. The third-order valence-corrected chi connectivity index (χ3v) is 5.59. The summed E-state index contributed by atoms with van der Waals surface area (Å²) in [7, 11) is -3.11. The highest BCUT2D eigenvalue weighted by atomic mass is 32.2. The van der Waals surface area contributed by atoms with Crippen molar-refractivity contribution in [1.29, 1.82) is 0 Å². The van der Waals surface area contributed by atoms with Crippen molar-refractivity contribution in [2.24, 2.45) is 5.73 Å². The quantitative estimate of drug-likeness (QED) is 0.894. The van der Waals surface area contributed by atoms with Crippen LogP contribution >= 0.6 is 0 Å². The van der Waals surface area contributed by atoms with Crippen LogP contribution in [-0.2, 0) is 9.84 Å². The number of anilines is 1. The molecule has 1 unspecified atom stereocenters. The molecule has 1 aliphatic heterocycles. The Hall–Kier alpha value is -1.07. The molecule has 19 heavy (non-hydrogen) atoms. The summed E-state index contributed by atoms with van der Waals surface area (Å²) in [6, 6.07) is 7.61. The first kappa shape index (κ1) is 14.3. The minimum Gasteiger partial charge on any atom is -0.367 e. The van der Waals surface area contributed by atoms with Gasteiger partial charge in [-0.15, -0.1) is 0 Å². The van der Waals surface area contributed by atoms with E-state index in [9.17, 15) is 8.42 Å². The van der Waals surface area contributed by atoms with Crippen LogP contribution in [0.4, 0.5) is 5.69 Å². The van der Waals surface area contributed by atoms with Gasteiger partial charge in [-0.25, -0.2) is 8.42 Å². The topological polar surface area (TPSA) is 63.4 Å². The van der Waals surface area contributed by atoms with Crippen molar-refractivity contribution in [2.45, 2.75) is 37.1 Å². The Kier molecular flexibility index (Phi) is 4.47. The van der Waals surface area contributed by atoms with Gasteiger partial charge in [-0.1, -0.05) is 6.92 Å². The summed E-state index contributed by atoms with van der Waals surface area (Å²) in [4.78, 5) is 2.69. The lowest BCUT2D eigenvalue weighted by Gasteiger charge is -2.25. The highest BCUT2D eigenvalue weighted by Gasteiger charge is 2.23. The van der Waals surface area contributed by atoms with Crippen LogP contribution in [0.1, 0.15) is 26.2 Å². The minimum absolute atomic E-state index is 0.210. The average molecular weight is 282 g/mol. The van der Waals surface area contributed by atoms with Gasteiger partial charge >= 0.3 is 0 Å². The first-order valence-electron chi connectivity index (χ1n) is 6.88. The first-order chi connectivity index (χ1) is 9.08. The van der Waals surface area contributed by atoms with E-state index in [1.54, 1.807) is 12.1 Å². The van der Waals surface area contributed by atoms with E-state index in [0.29, 0.717) is 23.9 Å². The van der Waals surface area contributed by atoms with Gasteiger partial charge in [-0.2, -0.15) is 0 Å². The summed E-state index contributed by atoms with van der Waals surface area (Å²) in [6.07, 6.45) is 2.91. The predicted octanol–water partition coefficient (Wildman–Crippen LogP) is 1.80. The molecule has 0 spiro atoms. The van der Waals surface area contributed by atoms with E-state index in [1.807, 2.05) is 19.1 Å². The Balaban J connectivity index is 2.19. The number of benzene rings is 1. The van der Waals surface area contributed by atoms with E-state index in [2.05, 4.69) is 4.90 Å². The van der Waals surface area contributed by atoms with Crippen molar-refractivity contribution in [2.75, 3.05) is 23.7 Å². The van der Waals surface area contributed by atoms with E-state index in [4.69, 9.17) is 5.73 Å². The number of nitrogens with zero attached hydrogens (tertiary/aromatic N) is 1. The second-order valence-corrected chi connectivity index (χ2v) is 7.15. The van der Waals surface area contributed by atoms with E-state index in [-0.39, 0.29) is 5.75 Å². The van der Waals surface area contributed by atoms with Crippen molar-refractivity contribution in [3.63, 3.8) is 0 Å². The van der Waals surface area contributed by atoms with Crippen LogP contribution < -0.4 is 10.6 Å². The number of hydrogen-bond acceptors (Lipinski definition) is 4. The van der Waals surface area contributed by atoms with Crippen molar-refractivity contribution < 1.29 is 8.42 Å². The zero-order valence-corrected chi connectivity index (χ0v) is 12.2. The second kappa shape index (κ2) is 5.92. The first-order valence-corrected chi connectivity index (χ1v) is 8.53. The molecule has 4 nitrogen and oxygen atoms in total. The molecule has 106 valence electrons. The molecule has 0 aromatic heterocycles. The number of sulfone groups is 1. The SMILES string of the molecule is CCCS(=O)(=O)c1ccc(N2CCCC2CN)cc1. The smallest absolute Gasteiger partial charge is 0.178 e. The Morgan fingerprint density at radius 1 is 1.32 bits per heavy atom. The highest BCUT2D eigenvalue weighted by molar-refractivity contribution is 7.91. The normalized spacial score (nSPS) is 19.9. The zero-order valence-electron chi connectivity index (χ0n) is 11.4. The molecule has 0 amide bonds.